The number of phenolic OH excluding ortho intramolecular Hbond substituents is 1. The Kier molecular flexibility index (Phi) is 2.82. The lowest BCUT2D eigenvalue weighted by atomic mass is 10.1. The number of rotatable bonds is 3. The van der Waals surface area contributed by atoms with Crippen LogP contribution in [-0.2, 0) is 0 Å². The van der Waals surface area contributed by atoms with Gasteiger partial charge in [0, 0.05) is 18.0 Å². The lowest BCUT2D eigenvalue weighted by Gasteiger charge is -1.95. The lowest BCUT2D eigenvalue weighted by Crippen LogP contribution is -1.93. The number of H-pyrrole nitrogens is 1. The lowest BCUT2D eigenvalue weighted by molar-refractivity contribution is 0.104. The second-order valence-electron chi connectivity index (χ2n) is 3.22. The number of nitrogens with zero attached hydrogens (tertiary/aromatic N) is 1. The van der Waals surface area contributed by atoms with E-state index in [1.807, 2.05) is 0 Å². The second kappa shape index (κ2) is 4.44. The molecule has 0 amide bonds. The molecule has 0 saturated heterocycles. The molecule has 16 heavy (non-hydrogen) atoms. The van der Waals surface area contributed by atoms with Crippen LogP contribution < -0.4 is 0 Å². The molecule has 2 rings (SSSR count). The number of carbonyl (C=O) groups excluding carboxylic acids is 1. The molecule has 0 saturated carbocycles. The molecule has 4 heteroatoms. The topological polar surface area (TPSA) is 66.0 Å². The molecule has 0 aliphatic rings. The molecule has 0 bridgehead atoms. The molecule has 0 atom stereocenters. The first-order valence-electron chi connectivity index (χ1n) is 4.76. The van der Waals surface area contributed by atoms with E-state index in [-0.39, 0.29) is 11.5 Å². The van der Waals surface area contributed by atoms with E-state index in [0.717, 1.165) is 0 Å². The Bertz CT molecular complexity index is 498. The molecule has 1 heterocycles. The van der Waals surface area contributed by atoms with Crippen LogP contribution in [0.25, 0.3) is 6.08 Å². The van der Waals surface area contributed by atoms with Crippen LogP contribution in [0.15, 0.2) is 42.7 Å². The molecule has 0 radical (unpaired) electrons. The fraction of sp³-hybridized carbons (Fsp3) is 0. The van der Waals surface area contributed by atoms with Gasteiger partial charge in [0.25, 0.3) is 0 Å². The van der Waals surface area contributed by atoms with Gasteiger partial charge in [0.2, 0.25) is 0 Å². The van der Waals surface area contributed by atoms with Gasteiger partial charge in [-0.2, -0.15) is 0 Å². The molecule has 0 aliphatic carbocycles. The van der Waals surface area contributed by atoms with Gasteiger partial charge in [-0.25, -0.2) is 4.98 Å². The van der Waals surface area contributed by atoms with E-state index in [1.165, 1.54) is 18.2 Å². The highest BCUT2D eigenvalue weighted by molar-refractivity contribution is 6.06. The van der Waals surface area contributed by atoms with Crippen molar-refractivity contribution in [2.45, 2.75) is 0 Å². The van der Waals surface area contributed by atoms with Gasteiger partial charge in [-0.05, 0) is 36.4 Å². The molecule has 1 aromatic heterocycles. The van der Waals surface area contributed by atoms with Gasteiger partial charge in [-0.15, -0.1) is 0 Å². The van der Waals surface area contributed by atoms with E-state index < -0.39 is 0 Å². The summed E-state index contributed by atoms with van der Waals surface area (Å²) in [6, 6.07) is 6.11. The Morgan fingerprint density at radius 1 is 1.31 bits per heavy atom. The average Bonchev–Trinajstić information content (AvgIpc) is 2.80. The van der Waals surface area contributed by atoms with Crippen molar-refractivity contribution in [2.24, 2.45) is 0 Å². The Hall–Kier alpha value is -2.36. The molecule has 2 aromatic rings. The van der Waals surface area contributed by atoms with Crippen molar-refractivity contribution >= 4 is 11.9 Å². The number of benzene rings is 1. The predicted molar refractivity (Wildman–Crippen MR) is 60.1 cm³/mol. The van der Waals surface area contributed by atoms with Crippen LogP contribution in [0.4, 0.5) is 0 Å². The number of allylic oxidation sites excluding steroid dienone is 1. The number of hydrogen-bond acceptors (Lipinski definition) is 3. The quantitative estimate of drug-likeness (QED) is 0.606. The predicted octanol–water partition coefficient (Wildman–Crippen LogP) is 2.01. The fourth-order valence-electron chi connectivity index (χ4n) is 1.25. The van der Waals surface area contributed by atoms with Gasteiger partial charge >= 0.3 is 0 Å². The minimum atomic E-state index is -0.128. The number of imidazole rings is 1. The van der Waals surface area contributed by atoms with Gasteiger partial charge in [-0.1, -0.05) is 0 Å². The first-order chi connectivity index (χ1) is 7.75. The van der Waals surface area contributed by atoms with Crippen molar-refractivity contribution in [3.05, 3.63) is 54.1 Å². The number of aromatic hydroxyl groups is 1. The van der Waals surface area contributed by atoms with E-state index in [0.29, 0.717) is 11.4 Å². The maximum absolute atomic E-state index is 11.6. The molecule has 0 spiro atoms. The van der Waals surface area contributed by atoms with Gasteiger partial charge in [-0.3, -0.25) is 4.79 Å². The number of ketones is 1. The molecule has 0 aliphatic heterocycles. The summed E-state index contributed by atoms with van der Waals surface area (Å²) in [7, 11) is 0. The summed E-state index contributed by atoms with van der Waals surface area (Å²) in [6.45, 7) is 0. The Morgan fingerprint density at radius 2 is 2.06 bits per heavy atom. The highest BCUT2D eigenvalue weighted by atomic mass is 16.3. The zero-order chi connectivity index (χ0) is 11.4. The standard InChI is InChI=1S/C12H10N2O2/c15-10-3-1-9(2-4-10)11(16)5-6-12-13-7-8-14-12/h1-8,15H,(H,13,14)/b6-5+. The number of aromatic amines is 1. The van der Waals surface area contributed by atoms with Crippen LogP contribution in [0.5, 0.6) is 5.75 Å². The molecule has 80 valence electrons. The SMILES string of the molecule is O=C(/C=C/c1ncc[nH]1)c1ccc(O)cc1. The second-order valence-corrected chi connectivity index (χ2v) is 3.22. The monoisotopic (exact) mass is 214 g/mol. The first kappa shape index (κ1) is 10.2. The summed E-state index contributed by atoms with van der Waals surface area (Å²) in [4.78, 5) is 18.5. The van der Waals surface area contributed by atoms with Crippen LogP contribution in [-0.4, -0.2) is 20.9 Å². The third kappa shape index (κ3) is 2.36. The van der Waals surface area contributed by atoms with Gasteiger partial charge < -0.3 is 10.1 Å². The number of phenols is 1. The summed E-state index contributed by atoms with van der Waals surface area (Å²) in [5, 5.41) is 9.07. The van der Waals surface area contributed by atoms with Gasteiger partial charge in [0.05, 0.1) is 0 Å². The summed E-state index contributed by atoms with van der Waals surface area (Å²) in [5.41, 5.74) is 0.528. The zero-order valence-corrected chi connectivity index (χ0v) is 8.42. The summed E-state index contributed by atoms with van der Waals surface area (Å²) in [5.74, 6) is 0.648. The summed E-state index contributed by atoms with van der Waals surface area (Å²) >= 11 is 0. The Labute approximate surface area is 92.3 Å². The molecule has 1 aromatic carbocycles. The van der Waals surface area contributed by atoms with Crippen molar-refractivity contribution in [3.8, 4) is 5.75 Å². The fourth-order valence-corrected chi connectivity index (χ4v) is 1.25. The third-order valence-electron chi connectivity index (χ3n) is 2.06. The van der Waals surface area contributed by atoms with E-state index in [1.54, 1.807) is 30.6 Å². The van der Waals surface area contributed by atoms with Crippen molar-refractivity contribution in [2.75, 3.05) is 0 Å². The van der Waals surface area contributed by atoms with Gasteiger partial charge in [0.15, 0.2) is 5.78 Å². The summed E-state index contributed by atoms with van der Waals surface area (Å²) < 4.78 is 0. The number of carbonyl (C=O) groups is 1. The Balaban J connectivity index is 2.11. The van der Waals surface area contributed by atoms with E-state index in [9.17, 15) is 4.79 Å². The maximum Gasteiger partial charge on any atom is 0.185 e. The van der Waals surface area contributed by atoms with Crippen LogP contribution in [0.2, 0.25) is 0 Å². The summed E-state index contributed by atoms with van der Waals surface area (Å²) in [6.07, 6.45) is 6.34. The number of nitrogens with one attached hydrogen (secondary N) is 1. The number of hydrogen-bond donors (Lipinski definition) is 2. The first-order valence-corrected chi connectivity index (χ1v) is 4.76. The van der Waals surface area contributed by atoms with Crippen LogP contribution in [0.1, 0.15) is 16.2 Å². The van der Waals surface area contributed by atoms with Gasteiger partial charge in [0.1, 0.15) is 11.6 Å². The minimum Gasteiger partial charge on any atom is -0.508 e. The van der Waals surface area contributed by atoms with E-state index in [2.05, 4.69) is 9.97 Å². The Morgan fingerprint density at radius 3 is 2.69 bits per heavy atom. The highest BCUT2D eigenvalue weighted by Crippen LogP contribution is 2.10. The molecule has 0 fully saturated rings. The molecule has 2 N–H and O–H groups in total. The van der Waals surface area contributed by atoms with Crippen LogP contribution >= 0.6 is 0 Å². The zero-order valence-electron chi connectivity index (χ0n) is 8.42. The smallest absolute Gasteiger partial charge is 0.185 e. The van der Waals surface area contributed by atoms with Crippen LogP contribution in [0, 0.1) is 0 Å². The molecule has 0 unspecified atom stereocenters. The van der Waals surface area contributed by atoms with E-state index in [4.69, 9.17) is 5.11 Å². The largest absolute Gasteiger partial charge is 0.508 e. The van der Waals surface area contributed by atoms with Crippen molar-refractivity contribution in [1.29, 1.82) is 0 Å². The van der Waals surface area contributed by atoms with Crippen molar-refractivity contribution < 1.29 is 9.90 Å². The minimum absolute atomic E-state index is 0.128. The molecular weight excluding hydrogens is 204 g/mol. The van der Waals surface area contributed by atoms with Crippen LogP contribution in [0.3, 0.4) is 0 Å². The highest BCUT2D eigenvalue weighted by Gasteiger charge is 2.01. The maximum atomic E-state index is 11.6. The van der Waals surface area contributed by atoms with E-state index >= 15 is 0 Å². The normalized spacial score (nSPS) is 10.8. The average molecular weight is 214 g/mol. The van der Waals surface area contributed by atoms with Crippen molar-refractivity contribution in [3.63, 3.8) is 0 Å². The third-order valence-corrected chi connectivity index (χ3v) is 2.06. The molecular formula is C12H10N2O2. The molecule has 4 nitrogen and oxygen atoms in total. The number of aromatic nitrogens is 2. The van der Waals surface area contributed by atoms with Crippen molar-refractivity contribution in [1.82, 2.24) is 9.97 Å².